The molecule has 0 radical (unpaired) electrons. The predicted molar refractivity (Wildman–Crippen MR) is 73.7 cm³/mol. The van der Waals surface area contributed by atoms with E-state index in [1.165, 1.54) is 0 Å². The summed E-state index contributed by atoms with van der Waals surface area (Å²) in [6.45, 7) is 3.02. The van der Waals surface area contributed by atoms with Crippen LogP contribution in [-0.2, 0) is 13.0 Å². The lowest BCUT2D eigenvalue weighted by Crippen LogP contribution is -2.05. The highest BCUT2D eigenvalue weighted by atomic mass is 35.5. The number of carboxylic acid groups (broad SMARTS) is 1. The van der Waals surface area contributed by atoms with Gasteiger partial charge in [0.1, 0.15) is 5.82 Å². The average Bonchev–Trinajstić information content (AvgIpc) is 2.79. The number of carbonyl (C=O) groups is 1. The molecule has 0 atom stereocenters. The lowest BCUT2D eigenvalue weighted by Gasteiger charge is -2.07. The van der Waals surface area contributed by atoms with Gasteiger partial charge in [-0.15, -0.1) is 0 Å². The van der Waals surface area contributed by atoms with E-state index in [9.17, 15) is 4.79 Å². The minimum atomic E-state index is -1.01. The fourth-order valence-corrected chi connectivity index (χ4v) is 2.18. The van der Waals surface area contributed by atoms with Gasteiger partial charge in [-0.05, 0) is 24.1 Å². The van der Waals surface area contributed by atoms with Gasteiger partial charge in [-0.1, -0.05) is 24.6 Å². The van der Waals surface area contributed by atoms with Gasteiger partial charge in [0.05, 0.1) is 10.6 Å². The molecule has 0 fully saturated rings. The molecule has 0 amide bonds. The van der Waals surface area contributed by atoms with Crippen molar-refractivity contribution in [1.29, 1.82) is 0 Å². The number of aromatic carboxylic acids is 1. The molecule has 1 N–H and O–H groups in total. The molecule has 1 aromatic heterocycles. The molecule has 0 saturated heterocycles. The van der Waals surface area contributed by atoms with Crippen molar-refractivity contribution in [2.45, 2.75) is 26.3 Å². The van der Waals surface area contributed by atoms with Crippen molar-refractivity contribution < 1.29 is 9.90 Å². The molecular formula is C14H15ClN2O2. The first-order valence-electron chi connectivity index (χ1n) is 6.13. The van der Waals surface area contributed by atoms with Gasteiger partial charge in [-0.3, -0.25) is 0 Å². The second-order valence-electron chi connectivity index (χ2n) is 4.33. The monoisotopic (exact) mass is 278 g/mol. The third-order valence-corrected chi connectivity index (χ3v) is 3.22. The summed E-state index contributed by atoms with van der Waals surface area (Å²) >= 11 is 5.85. The third-order valence-electron chi connectivity index (χ3n) is 2.89. The number of aryl methyl sites for hydroxylation is 1. The molecule has 0 unspecified atom stereocenters. The van der Waals surface area contributed by atoms with Crippen molar-refractivity contribution in [1.82, 2.24) is 9.55 Å². The van der Waals surface area contributed by atoms with Crippen LogP contribution in [0, 0.1) is 0 Å². The summed E-state index contributed by atoms with van der Waals surface area (Å²) in [6.07, 6.45) is 5.33. The molecule has 5 heteroatoms. The van der Waals surface area contributed by atoms with Crippen molar-refractivity contribution >= 4 is 17.6 Å². The molecule has 4 nitrogen and oxygen atoms in total. The van der Waals surface area contributed by atoms with Crippen molar-refractivity contribution in [3.05, 3.63) is 52.6 Å². The van der Waals surface area contributed by atoms with E-state index >= 15 is 0 Å². The highest BCUT2D eigenvalue weighted by Crippen LogP contribution is 2.19. The molecule has 1 aromatic carbocycles. The topological polar surface area (TPSA) is 55.1 Å². The van der Waals surface area contributed by atoms with Gasteiger partial charge in [0, 0.05) is 25.4 Å². The number of halogens is 1. The molecule has 0 aliphatic heterocycles. The molecule has 0 saturated carbocycles. The minimum Gasteiger partial charge on any atom is -0.478 e. The van der Waals surface area contributed by atoms with E-state index in [-0.39, 0.29) is 10.6 Å². The maximum atomic E-state index is 11.0. The Morgan fingerprint density at radius 2 is 2.26 bits per heavy atom. The van der Waals surface area contributed by atoms with Crippen LogP contribution >= 0.6 is 11.6 Å². The van der Waals surface area contributed by atoms with Crippen LogP contribution in [-0.4, -0.2) is 20.6 Å². The smallest absolute Gasteiger partial charge is 0.337 e. The lowest BCUT2D eigenvalue weighted by molar-refractivity contribution is 0.0697. The van der Waals surface area contributed by atoms with E-state index in [1.54, 1.807) is 18.3 Å². The van der Waals surface area contributed by atoms with Crippen LogP contribution in [0.5, 0.6) is 0 Å². The second kappa shape index (κ2) is 5.89. The van der Waals surface area contributed by atoms with E-state index in [1.807, 2.05) is 12.3 Å². The summed E-state index contributed by atoms with van der Waals surface area (Å²) in [5.41, 5.74) is 1.03. The zero-order valence-corrected chi connectivity index (χ0v) is 11.4. The fraction of sp³-hybridized carbons (Fsp3) is 0.286. The Bertz CT molecular complexity index is 593. The average molecular weight is 279 g/mol. The molecule has 0 aliphatic carbocycles. The summed E-state index contributed by atoms with van der Waals surface area (Å²) in [6, 6.07) is 5.06. The number of nitrogens with zero attached hydrogens (tertiary/aromatic N) is 2. The maximum Gasteiger partial charge on any atom is 0.337 e. The molecule has 100 valence electrons. The summed E-state index contributed by atoms with van der Waals surface area (Å²) in [4.78, 5) is 15.4. The summed E-state index contributed by atoms with van der Waals surface area (Å²) in [5.74, 6) is -0.0794. The van der Waals surface area contributed by atoms with Crippen molar-refractivity contribution in [3.63, 3.8) is 0 Å². The highest BCUT2D eigenvalue weighted by molar-refractivity contribution is 6.33. The van der Waals surface area contributed by atoms with E-state index in [0.29, 0.717) is 6.42 Å². The Labute approximate surface area is 116 Å². The fourth-order valence-electron chi connectivity index (χ4n) is 1.98. The minimum absolute atomic E-state index is 0.132. The first-order valence-corrected chi connectivity index (χ1v) is 6.51. The van der Waals surface area contributed by atoms with Gasteiger partial charge >= 0.3 is 5.97 Å². The normalized spacial score (nSPS) is 10.6. The summed E-state index contributed by atoms with van der Waals surface area (Å²) in [5, 5.41) is 9.31. The van der Waals surface area contributed by atoms with Crippen LogP contribution in [0.3, 0.4) is 0 Å². The standard InChI is InChI=1S/C14H15ClN2O2/c1-2-6-17-7-5-16-13(17)9-10-3-4-12(15)11(8-10)14(18)19/h3-5,7-8H,2,6,9H2,1H3,(H,18,19). The van der Waals surface area contributed by atoms with Crippen LogP contribution in [0.4, 0.5) is 0 Å². The van der Waals surface area contributed by atoms with E-state index < -0.39 is 5.97 Å². The zero-order chi connectivity index (χ0) is 13.8. The Hall–Kier alpha value is -1.81. The molecule has 0 spiro atoms. The number of rotatable bonds is 5. The number of benzene rings is 1. The molecule has 2 rings (SSSR count). The SMILES string of the molecule is CCCn1ccnc1Cc1ccc(Cl)c(C(=O)O)c1. The number of hydrogen-bond donors (Lipinski definition) is 1. The number of carboxylic acids is 1. The van der Waals surface area contributed by atoms with Gasteiger partial charge in [0.25, 0.3) is 0 Å². The summed E-state index contributed by atoms with van der Waals surface area (Å²) < 4.78 is 2.08. The predicted octanol–water partition coefficient (Wildman–Crippen LogP) is 3.24. The van der Waals surface area contributed by atoms with Crippen molar-refractivity contribution in [2.75, 3.05) is 0 Å². The largest absolute Gasteiger partial charge is 0.478 e. The van der Waals surface area contributed by atoms with Gasteiger partial charge in [-0.2, -0.15) is 0 Å². The first kappa shape index (κ1) is 13.6. The lowest BCUT2D eigenvalue weighted by atomic mass is 10.1. The molecule has 0 aliphatic rings. The number of hydrogen-bond acceptors (Lipinski definition) is 2. The Kier molecular flexibility index (Phi) is 4.22. The van der Waals surface area contributed by atoms with Gasteiger partial charge < -0.3 is 9.67 Å². The van der Waals surface area contributed by atoms with Gasteiger partial charge in [-0.25, -0.2) is 9.78 Å². The van der Waals surface area contributed by atoms with Crippen LogP contribution in [0.1, 0.15) is 35.1 Å². The van der Waals surface area contributed by atoms with Crippen LogP contribution in [0.2, 0.25) is 5.02 Å². The third kappa shape index (κ3) is 3.15. The Morgan fingerprint density at radius 1 is 1.47 bits per heavy atom. The molecular weight excluding hydrogens is 264 g/mol. The Morgan fingerprint density at radius 3 is 2.95 bits per heavy atom. The first-order chi connectivity index (χ1) is 9.11. The molecule has 1 heterocycles. The maximum absolute atomic E-state index is 11.0. The molecule has 2 aromatic rings. The van der Waals surface area contributed by atoms with Crippen molar-refractivity contribution in [3.8, 4) is 0 Å². The highest BCUT2D eigenvalue weighted by Gasteiger charge is 2.11. The number of imidazole rings is 1. The van der Waals surface area contributed by atoms with Crippen molar-refractivity contribution in [2.24, 2.45) is 0 Å². The second-order valence-corrected chi connectivity index (χ2v) is 4.74. The van der Waals surface area contributed by atoms with Crippen LogP contribution in [0.15, 0.2) is 30.6 Å². The number of aromatic nitrogens is 2. The van der Waals surface area contributed by atoms with Crippen LogP contribution < -0.4 is 0 Å². The summed E-state index contributed by atoms with van der Waals surface area (Å²) in [7, 11) is 0. The Balaban J connectivity index is 2.26. The molecule has 19 heavy (non-hydrogen) atoms. The van der Waals surface area contributed by atoms with E-state index in [4.69, 9.17) is 16.7 Å². The molecule has 0 bridgehead atoms. The van der Waals surface area contributed by atoms with E-state index in [0.717, 1.165) is 24.4 Å². The van der Waals surface area contributed by atoms with Gasteiger partial charge in [0.2, 0.25) is 0 Å². The quantitative estimate of drug-likeness (QED) is 0.913. The zero-order valence-electron chi connectivity index (χ0n) is 10.6. The van der Waals surface area contributed by atoms with Crippen LogP contribution in [0.25, 0.3) is 0 Å². The van der Waals surface area contributed by atoms with Gasteiger partial charge in [0.15, 0.2) is 0 Å². The van der Waals surface area contributed by atoms with E-state index in [2.05, 4.69) is 16.5 Å².